The van der Waals surface area contributed by atoms with E-state index in [1.54, 1.807) is 0 Å². The molecule has 1 heterocycles. The number of unbranched alkanes of at least 4 members (excludes halogenated alkanes) is 1. The molecule has 1 aliphatic rings. The van der Waals surface area contributed by atoms with Gasteiger partial charge >= 0.3 is 11.9 Å². The first-order valence-electron chi connectivity index (χ1n) is 9.32. The van der Waals surface area contributed by atoms with Crippen LogP contribution >= 0.6 is 0 Å². The van der Waals surface area contributed by atoms with Gasteiger partial charge in [-0.25, -0.2) is 0 Å². The highest BCUT2D eigenvalue weighted by Gasteiger charge is 2.43. The molecule has 7 heteroatoms. The van der Waals surface area contributed by atoms with E-state index >= 15 is 0 Å². The van der Waals surface area contributed by atoms with Gasteiger partial charge in [0.2, 0.25) is 0 Å². The van der Waals surface area contributed by atoms with Crippen LogP contribution in [0.5, 0.6) is 0 Å². The number of rotatable bonds is 8. The Labute approximate surface area is 156 Å². The Balaban J connectivity index is 2.39. The topological polar surface area (TPSA) is 91.3 Å². The highest BCUT2D eigenvalue weighted by atomic mass is 16.7. The Kier molecular flexibility index (Phi) is 9.00. The summed E-state index contributed by atoms with van der Waals surface area (Å²) in [5, 5.41) is 9.54. The van der Waals surface area contributed by atoms with Gasteiger partial charge in [0.25, 0.3) is 0 Å². The maximum Gasteiger partial charge on any atom is 0.306 e. The Bertz CT molecular complexity index is 455. The largest absolute Gasteiger partial charge is 0.460 e. The molecule has 0 bridgehead atoms. The van der Waals surface area contributed by atoms with Crippen LogP contribution in [0.3, 0.4) is 0 Å². The Morgan fingerprint density at radius 2 is 1.77 bits per heavy atom. The number of carbonyl (C=O) groups excluding carboxylic acids is 2. The summed E-state index contributed by atoms with van der Waals surface area (Å²) in [5.74, 6) is -0.597. The summed E-state index contributed by atoms with van der Waals surface area (Å²) in [7, 11) is 0. The molecule has 1 fully saturated rings. The van der Waals surface area contributed by atoms with Gasteiger partial charge < -0.3 is 24.1 Å². The molecule has 152 valence electrons. The lowest BCUT2D eigenvalue weighted by atomic mass is 9.84. The van der Waals surface area contributed by atoms with Gasteiger partial charge in [-0.1, -0.05) is 13.8 Å². The van der Waals surface area contributed by atoms with Crippen LogP contribution in [0.25, 0.3) is 0 Å². The number of hydrogen-bond acceptors (Lipinski definition) is 7. The van der Waals surface area contributed by atoms with Crippen molar-refractivity contribution >= 4 is 11.9 Å². The van der Waals surface area contributed by atoms with Gasteiger partial charge in [-0.05, 0) is 33.6 Å². The van der Waals surface area contributed by atoms with Crippen molar-refractivity contribution in [1.82, 2.24) is 0 Å². The normalized spacial score (nSPS) is 29.3. The Morgan fingerprint density at radius 3 is 2.31 bits per heavy atom. The van der Waals surface area contributed by atoms with E-state index in [0.717, 1.165) is 0 Å². The van der Waals surface area contributed by atoms with Crippen LogP contribution in [0.1, 0.15) is 60.8 Å². The average Bonchev–Trinajstić information content (AvgIpc) is 2.51. The predicted octanol–water partition coefficient (Wildman–Crippen LogP) is 2.44. The summed E-state index contributed by atoms with van der Waals surface area (Å²) in [6.07, 6.45) is 0.167. The van der Waals surface area contributed by atoms with Crippen LogP contribution in [0.2, 0.25) is 0 Å². The molecule has 5 unspecified atom stereocenters. The lowest BCUT2D eigenvalue weighted by molar-refractivity contribution is -0.272. The molecular formula is C19H34O7. The fraction of sp³-hybridized carbons (Fsp3) is 0.895. The summed E-state index contributed by atoms with van der Waals surface area (Å²) in [6.45, 7) is 11.0. The number of aliphatic hydroxyl groups is 1. The summed E-state index contributed by atoms with van der Waals surface area (Å²) in [6, 6.07) is 0. The fourth-order valence-corrected chi connectivity index (χ4v) is 2.94. The van der Waals surface area contributed by atoms with Gasteiger partial charge in [0.05, 0.1) is 6.61 Å². The Hall–Kier alpha value is -1.18. The molecule has 1 saturated heterocycles. The minimum atomic E-state index is -0.600. The van der Waals surface area contributed by atoms with Crippen molar-refractivity contribution in [3.05, 3.63) is 0 Å². The van der Waals surface area contributed by atoms with Crippen molar-refractivity contribution in [2.24, 2.45) is 11.8 Å². The highest BCUT2D eigenvalue weighted by molar-refractivity contribution is 5.69. The molecule has 0 aromatic heterocycles. The molecule has 1 aliphatic heterocycles. The van der Waals surface area contributed by atoms with Crippen LogP contribution in [-0.4, -0.2) is 54.4 Å². The molecule has 1 N–H and O–H groups in total. The zero-order valence-corrected chi connectivity index (χ0v) is 16.8. The van der Waals surface area contributed by atoms with E-state index < -0.39 is 30.1 Å². The number of carbonyl (C=O) groups is 2. The highest BCUT2D eigenvalue weighted by Crippen LogP contribution is 2.33. The number of hydrogen-bond donors (Lipinski definition) is 1. The molecule has 0 aliphatic carbocycles. The molecule has 5 atom stereocenters. The monoisotopic (exact) mass is 374 g/mol. The SMILES string of the molecule is CC(=O)OC1C(CO)OC(OCCCCC(=O)OC(C)(C)C)C(C)C1C. The van der Waals surface area contributed by atoms with Crippen molar-refractivity contribution in [3.63, 3.8) is 0 Å². The van der Waals surface area contributed by atoms with Crippen LogP contribution in [0.15, 0.2) is 0 Å². The van der Waals surface area contributed by atoms with E-state index in [1.165, 1.54) is 6.92 Å². The molecular weight excluding hydrogens is 340 g/mol. The van der Waals surface area contributed by atoms with Gasteiger partial charge in [-0.3, -0.25) is 9.59 Å². The van der Waals surface area contributed by atoms with Crippen LogP contribution in [0, 0.1) is 11.8 Å². The molecule has 0 aromatic carbocycles. The maximum absolute atomic E-state index is 11.7. The fourth-order valence-electron chi connectivity index (χ4n) is 2.94. The van der Waals surface area contributed by atoms with E-state index in [1.807, 2.05) is 34.6 Å². The van der Waals surface area contributed by atoms with E-state index in [4.69, 9.17) is 18.9 Å². The third-order valence-electron chi connectivity index (χ3n) is 4.41. The minimum Gasteiger partial charge on any atom is -0.460 e. The second-order valence-corrected chi connectivity index (χ2v) is 7.93. The van der Waals surface area contributed by atoms with Gasteiger partial charge in [-0.15, -0.1) is 0 Å². The van der Waals surface area contributed by atoms with E-state index in [2.05, 4.69) is 0 Å². The second kappa shape index (κ2) is 10.2. The summed E-state index contributed by atoms with van der Waals surface area (Å²) < 4.78 is 22.2. The number of esters is 2. The van der Waals surface area contributed by atoms with E-state index in [9.17, 15) is 14.7 Å². The first-order chi connectivity index (χ1) is 12.0. The predicted molar refractivity (Wildman–Crippen MR) is 95.3 cm³/mol. The van der Waals surface area contributed by atoms with Crippen LogP contribution < -0.4 is 0 Å². The van der Waals surface area contributed by atoms with Gasteiger partial charge in [0.1, 0.15) is 17.8 Å². The molecule has 0 amide bonds. The van der Waals surface area contributed by atoms with Crippen LogP contribution in [-0.2, 0) is 28.5 Å². The molecule has 0 spiro atoms. The quantitative estimate of drug-likeness (QED) is 0.515. The Morgan fingerprint density at radius 1 is 1.12 bits per heavy atom. The van der Waals surface area contributed by atoms with Gasteiger partial charge in [0.15, 0.2) is 6.29 Å². The zero-order chi connectivity index (χ0) is 19.9. The standard InChI is InChI=1S/C19H34O7/c1-12-13(2)18(25-15(11-20)17(12)24-14(3)21)23-10-8-7-9-16(22)26-19(4,5)6/h12-13,15,17-18,20H,7-11H2,1-6H3. The molecule has 1 rings (SSSR count). The lowest BCUT2D eigenvalue weighted by Gasteiger charge is -2.43. The van der Waals surface area contributed by atoms with Gasteiger partial charge in [0, 0.05) is 31.8 Å². The smallest absolute Gasteiger partial charge is 0.306 e. The van der Waals surface area contributed by atoms with E-state index in [0.29, 0.717) is 25.9 Å². The molecule has 0 saturated carbocycles. The molecule has 26 heavy (non-hydrogen) atoms. The number of ether oxygens (including phenoxy) is 4. The number of aliphatic hydroxyl groups excluding tert-OH is 1. The third-order valence-corrected chi connectivity index (χ3v) is 4.41. The average molecular weight is 374 g/mol. The van der Waals surface area contributed by atoms with Crippen molar-refractivity contribution in [3.8, 4) is 0 Å². The first-order valence-corrected chi connectivity index (χ1v) is 9.32. The lowest BCUT2D eigenvalue weighted by Crippen LogP contribution is -2.53. The summed E-state index contributed by atoms with van der Waals surface area (Å²) in [5.41, 5.74) is -0.465. The first kappa shape index (κ1) is 22.9. The third kappa shape index (κ3) is 7.60. The maximum atomic E-state index is 11.7. The van der Waals surface area contributed by atoms with Crippen molar-refractivity contribution in [2.45, 2.75) is 84.9 Å². The molecule has 7 nitrogen and oxygen atoms in total. The second-order valence-electron chi connectivity index (χ2n) is 7.93. The van der Waals surface area contributed by atoms with Crippen molar-refractivity contribution in [2.75, 3.05) is 13.2 Å². The molecule has 0 radical (unpaired) electrons. The molecule has 0 aromatic rings. The van der Waals surface area contributed by atoms with E-state index in [-0.39, 0.29) is 24.4 Å². The van der Waals surface area contributed by atoms with Gasteiger partial charge in [-0.2, -0.15) is 0 Å². The van der Waals surface area contributed by atoms with Crippen molar-refractivity contribution in [1.29, 1.82) is 0 Å². The summed E-state index contributed by atoms with van der Waals surface area (Å²) >= 11 is 0. The van der Waals surface area contributed by atoms with Crippen molar-refractivity contribution < 1.29 is 33.6 Å². The minimum absolute atomic E-state index is 0.00318. The summed E-state index contributed by atoms with van der Waals surface area (Å²) in [4.78, 5) is 22.9. The van der Waals surface area contributed by atoms with Crippen LogP contribution in [0.4, 0.5) is 0 Å². The zero-order valence-electron chi connectivity index (χ0n) is 16.8.